The molecule has 3 heteroatoms. The number of hydrogen-bond donors (Lipinski definition) is 0. The van der Waals surface area contributed by atoms with Crippen molar-refractivity contribution in [1.82, 2.24) is 0 Å². The highest BCUT2D eigenvalue weighted by atomic mass is 79.9. The van der Waals surface area contributed by atoms with Crippen LogP contribution >= 0.6 is 15.9 Å². The van der Waals surface area contributed by atoms with Crippen molar-refractivity contribution in [2.24, 2.45) is 0 Å². The topological polar surface area (TPSA) is 26.3 Å². The second-order valence-corrected chi connectivity index (χ2v) is 4.33. The molecule has 0 spiro atoms. The van der Waals surface area contributed by atoms with E-state index < -0.39 is 0 Å². The van der Waals surface area contributed by atoms with Gasteiger partial charge in [0.1, 0.15) is 0 Å². The van der Waals surface area contributed by atoms with Crippen molar-refractivity contribution >= 4 is 21.9 Å². The van der Waals surface area contributed by atoms with Crippen LogP contribution in [0.25, 0.3) is 0 Å². The summed E-state index contributed by atoms with van der Waals surface area (Å²) in [5.41, 5.74) is 3.51. The third-order valence-corrected chi connectivity index (χ3v) is 3.19. The summed E-state index contributed by atoms with van der Waals surface area (Å²) in [5, 5.41) is 0. The lowest BCUT2D eigenvalue weighted by Crippen LogP contribution is -2.06. The molecule has 0 aliphatic rings. The van der Waals surface area contributed by atoms with Crippen LogP contribution in [-0.2, 0) is 22.4 Å². The molecule has 1 aromatic rings. The van der Waals surface area contributed by atoms with Crippen LogP contribution in [0.1, 0.15) is 23.6 Å². The van der Waals surface area contributed by atoms with Crippen LogP contribution in [0.5, 0.6) is 0 Å². The number of aryl methyl sites for hydroxylation is 2. The summed E-state index contributed by atoms with van der Waals surface area (Å²) in [6.45, 7) is 4.18. The summed E-state index contributed by atoms with van der Waals surface area (Å²) in [7, 11) is 1.41. The number of carbonyl (C=O) groups excluding carboxylic acids is 1. The van der Waals surface area contributed by atoms with Crippen molar-refractivity contribution in [3.8, 4) is 0 Å². The van der Waals surface area contributed by atoms with Gasteiger partial charge in [0.2, 0.25) is 0 Å². The van der Waals surface area contributed by atoms with E-state index >= 15 is 0 Å². The van der Waals surface area contributed by atoms with Crippen LogP contribution in [0.3, 0.4) is 0 Å². The van der Waals surface area contributed by atoms with Gasteiger partial charge < -0.3 is 4.74 Å². The van der Waals surface area contributed by atoms with Crippen molar-refractivity contribution in [1.29, 1.82) is 0 Å². The fourth-order valence-corrected chi connectivity index (χ4v) is 2.11. The number of rotatable bonds is 3. The molecule has 0 aromatic heterocycles. The third kappa shape index (κ3) is 3.06. The molecule has 1 rings (SSSR count). The predicted octanol–water partition coefficient (Wildman–Crippen LogP) is 3.04. The smallest absolute Gasteiger partial charge is 0.310 e. The summed E-state index contributed by atoms with van der Waals surface area (Å²) in [5.74, 6) is -0.207. The first-order valence-electron chi connectivity index (χ1n) is 4.93. The second-order valence-electron chi connectivity index (χ2n) is 3.48. The van der Waals surface area contributed by atoms with Crippen LogP contribution in [0.4, 0.5) is 0 Å². The van der Waals surface area contributed by atoms with Gasteiger partial charge in [0.15, 0.2) is 0 Å². The summed E-state index contributed by atoms with van der Waals surface area (Å²) in [4.78, 5) is 11.2. The van der Waals surface area contributed by atoms with E-state index in [4.69, 9.17) is 0 Å². The average Bonchev–Trinajstić information content (AvgIpc) is 2.21. The fourth-order valence-electron chi connectivity index (χ4n) is 1.51. The Kier molecular flexibility index (Phi) is 4.33. The van der Waals surface area contributed by atoms with Crippen LogP contribution in [0.15, 0.2) is 16.6 Å². The molecule has 0 aliphatic heterocycles. The minimum absolute atomic E-state index is 0.207. The lowest BCUT2D eigenvalue weighted by molar-refractivity contribution is -0.139. The van der Waals surface area contributed by atoms with E-state index in [0.29, 0.717) is 6.42 Å². The zero-order valence-electron chi connectivity index (χ0n) is 9.26. The summed E-state index contributed by atoms with van der Waals surface area (Å²) < 4.78 is 5.63. The molecule has 0 aliphatic carbocycles. The average molecular weight is 271 g/mol. The second kappa shape index (κ2) is 5.31. The largest absolute Gasteiger partial charge is 0.469 e. The van der Waals surface area contributed by atoms with Gasteiger partial charge >= 0.3 is 5.97 Å². The van der Waals surface area contributed by atoms with E-state index in [1.54, 1.807) is 0 Å². The lowest BCUT2D eigenvalue weighted by atomic mass is 10.0. The van der Waals surface area contributed by atoms with Crippen LogP contribution in [0.2, 0.25) is 0 Å². The molecule has 0 amide bonds. The van der Waals surface area contributed by atoms with E-state index in [2.05, 4.69) is 46.6 Å². The van der Waals surface area contributed by atoms with E-state index in [1.807, 2.05) is 0 Å². The van der Waals surface area contributed by atoms with Crippen molar-refractivity contribution in [3.63, 3.8) is 0 Å². The Balaban J connectivity index is 3.02. The van der Waals surface area contributed by atoms with Gasteiger partial charge in [-0.05, 0) is 36.1 Å². The molecule has 82 valence electrons. The maximum atomic E-state index is 11.2. The van der Waals surface area contributed by atoms with Gasteiger partial charge in [-0.2, -0.15) is 0 Å². The monoisotopic (exact) mass is 270 g/mol. The fraction of sp³-hybridized carbons (Fsp3) is 0.417. The Morgan fingerprint density at radius 2 is 2.07 bits per heavy atom. The number of ether oxygens (including phenoxy) is 1. The van der Waals surface area contributed by atoms with Gasteiger partial charge in [0.25, 0.3) is 0 Å². The van der Waals surface area contributed by atoms with E-state index in [-0.39, 0.29) is 5.97 Å². The molecule has 0 heterocycles. The molecule has 2 nitrogen and oxygen atoms in total. The Hall–Kier alpha value is -0.830. The maximum absolute atomic E-state index is 11.2. The highest BCUT2D eigenvalue weighted by Crippen LogP contribution is 2.23. The highest BCUT2D eigenvalue weighted by Gasteiger charge is 2.09. The first kappa shape index (κ1) is 12.2. The number of hydrogen-bond acceptors (Lipinski definition) is 2. The summed E-state index contributed by atoms with van der Waals surface area (Å²) in [6.07, 6.45) is 1.30. The number of carbonyl (C=O) groups is 1. The summed E-state index contributed by atoms with van der Waals surface area (Å²) >= 11 is 3.46. The SMILES string of the molecule is CCc1cc(CC(=O)OC)c(Br)cc1C. The zero-order chi connectivity index (χ0) is 11.4. The minimum Gasteiger partial charge on any atom is -0.469 e. The molecule has 1 aromatic carbocycles. The van der Waals surface area contributed by atoms with Gasteiger partial charge in [-0.1, -0.05) is 28.9 Å². The number of methoxy groups -OCH3 is 1. The molecule has 15 heavy (non-hydrogen) atoms. The first-order chi connectivity index (χ1) is 7.08. The Morgan fingerprint density at radius 3 is 2.60 bits per heavy atom. The molecule has 0 saturated heterocycles. The standard InChI is InChI=1S/C12H15BrO2/c1-4-9-6-10(7-12(14)15-3)11(13)5-8(9)2/h5-6H,4,7H2,1-3H3. The van der Waals surface area contributed by atoms with E-state index in [9.17, 15) is 4.79 Å². The van der Waals surface area contributed by atoms with Crippen LogP contribution in [-0.4, -0.2) is 13.1 Å². The predicted molar refractivity (Wildman–Crippen MR) is 64.0 cm³/mol. The van der Waals surface area contributed by atoms with Crippen LogP contribution < -0.4 is 0 Å². The van der Waals surface area contributed by atoms with Gasteiger partial charge in [0.05, 0.1) is 13.5 Å². The number of benzene rings is 1. The minimum atomic E-state index is -0.207. The molecule has 0 atom stereocenters. The maximum Gasteiger partial charge on any atom is 0.310 e. The summed E-state index contributed by atoms with van der Waals surface area (Å²) in [6, 6.07) is 4.12. The number of esters is 1. The van der Waals surface area contributed by atoms with Crippen molar-refractivity contribution in [2.75, 3.05) is 7.11 Å². The van der Waals surface area contributed by atoms with E-state index in [1.165, 1.54) is 18.2 Å². The highest BCUT2D eigenvalue weighted by molar-refractivity contribution is 9.10. The van der Waals surface area contributed by atoms with Gasteiger partial charge in [0, 0.05) is 4.47 Å². The zero-order valence-corrected chi connectivity index (χ0v) is 10.8. The van der Waals surface area contributed by atoms with Crippen molar-refractivity contribution in [3.05, 3.63) is 33.3 Å². The van der Waals surface area contributed by atoms with Crippen molar-refractivity contribution in [2.45, 2.75) is 26.7 Å². The quantitative estimate of drug-likeness (QED) is 0.790. The van der Waals surface area contributed by atoms with Gasteiger partial charge in [-0.25, -0.2) is 0 Å². The molecule has 0 unspecified atom stereocenters. The third-order valence-electron chi connectivity index (χ3n) is 2.45. The molecule has 0 fully saturated rings. The molecule has 0 bridgehead atoms. The Labute approximate surface area is 98.8 Å². The Morgan fingerprint density at radius 1 is 1.40 bits per heavy atom. The molecular formula is C12H15BrO2. The van der Waals surface area contributed by atoms with E-state index in [0.717, 1.165) is 16.5 Å². The molecule has 0 saturated carbocycles. The van der Waals surface area contributed by atoms with Gasteiger partial charge in [-0.3, -0.25) is 4.79 Å². The van der Waals surface area contributed by atoms with Gasteiger partial charge in [-0.15, -0.1) is 0 Å². The van der Waals surface area contributed by atoms with Crippen LogP contribution in [0, 0.1) is 6.92 Å². The number of halogens is 1. The lowest BCUT2D eigenvalue weighted by Gasteiger charge is -2.09. The molecule has 0 N–H and O–H groups in total. The normalized spacial score (nSPS) is 10.1. The molecular weight excluding hydrogens is 256 g/mol. The Bertz CT molecular complexity index is 372. The van der Waals surface area contributed by atoms with Crippen molar-refractivity contribution < 1.29 is 9.53 Å². The first-order valence-corrected chi connectivity index (χ1v) is 5.72. The molecule has 0 radical (unpaired) electrons.